The molecule has 0 bridgehead atoms. The van der Waals surface area contributed by atoms with Crippen molar-refractivity contribution in [3.8, 4) is 5.75 Å². The van der Waals surface area contributed by atoms with E-state index in [1.54, 1.807) is 4.90 Å². The number of amides is 1. The molecule has 28 heavy (non-hydrogen) atoms. The lowest BCUT2D eigenvalue weighted by molar-refractivity contribution is 0.0665. The lowest BCUT2D eigenvalue weighted by atomic mass is 9.93. The van der Waals surface area contributed by atoms with E-state index in [0.717, 1.165) is 34.1 Å². The number of H-pyrrole nitrogens is 1. The van der Waals surface area contributed by atoms with Crippen LogP contribution in [0.3, 0.4) is 0 Å². The average Bonchev–Trinajstić information content (AvgIpc) is 3.11. The highest BCUT2D eigenvalue weighted by molar-refractivity contribution is 6.45. The monoisotopic (exact) mass is 418 g/mol. The number of nitrogens with one attached hydrogen (secondary N) is 1. The van der Waals surface area contributed by atoms with Crippen LogP contribution in [-0.2, 0) is 12.8 Å². The summed E-state index contributed by atoms with van der Waals surface area (Å²) < 4.78 is 5.07. The van der Waals surface area contributed by atoms with E-state index in [-0.39, 0.29) is 17.8 Å². The first-order valence-corrected chi connectivity index (χ1v) is 9.90. The molecule has 8 heteroatoms. The van der Waals surface area contributed by atoms with Gasteiger partial charge >= 0.3 is 0 Å². The molecule has 1 aliphatic heterocycles. The van der Waals surface area contributed by atoms with Gasteiger partial charge in [0.15, 0.2) is 5.75 Å². The van der Waals surface area contributed by atoms with Crippen LogP contribution in [0, 0.1) is 0 Å². The Bertz CT molecular complexity index is 1060. The zero-order chi connectivity index (χ0) is 20.0. The molecule has 3 aromatic rings. The number of methoxy groups -OCH3 is 1. The summed E-state index contributed by atoms with van der Waals surface area (Å²) in [6.07, 6.45) is 4.53. The van der Waals surface area contributed by atoms with Gasteiger partial charge in [0, 0.05) is 29.6 Å². The summed E-state index contributed by atoms with van der Waals surface area (Å²) in [4.78, 5) is 26.6. The average molecular weight is 419 g/mol. The Morgan fingerprint density at radius 2 is 2.07 bits per heavy atom. The van der Waals surface area contributed by atoms with Crippen LogP contribution in [0.4, 0.5) is 0 Å². The molecule has 0 radical (unpaired) electrons. The topological polar surface area (TPSA) is 71.1 Å². The zero-order valence-corrected chi connectivity index (χ0v) is 17.4. The van der Waals surface area contributed by atoms with Crippen LogP contribution in [-0.4, -0.2) is 39.4 Å². The van der Waals surface area contributed by atoms with Gasteiger partial charge in [-0.15, -0.1) is 0 Å². The first kappa shape index (κ1) is 19.0. The number of ether oxygens (including phenoxy) is 1. The van der Waals surface area contributed by atoms with Crippen molar-refractivity contribution in [3.05, 3.63) is 51.2 Å². The number of aromatic nitrogens is 3. The smallest absolute Gasteiger partial charge is 0.292 e. The normalized spacial score (nSPS) is 16.3. The van der Waals surface area contributed by atoms with E-state index in [1.165, 1.54) is 19.5 Å². The fourth-order valence-corrected chi connectivity index (χ4v) is 4.35. The number of hydrogen-bond acceptors (Lipinski definition) is 4. The van der Waals surface area contributed by atoms with Gasteiger partial charge in [0.1, 0.15) is 0 Å². The molecule has 2 aromatic heterocycles. The Kier molecular flexibility index (Phi) is 4.93. The van der Waals surface area contributed by atoms with E-state index in [4.69, 9.17) is 27.9 Å². The number of rotatable bonds is 3. The van der Waals surface area contributed by atoms with Gasteiger partial charge in [-0.05, 0) is 25.0 Å². The molecule has 1 N–H and O–H groups in total. The van der Waals surface area contributed by atoms with Crippen molar-refractivity contribution in [3.63, 3.8) is 0 Å². The highest BCUT2D eigenvalue weighted by atomic mass is 35.5. The largest absolute Gasteiger partial charge is 0.494 e. The summed E-state index contributed by atoms with van der Waals surface area (Å²) in [5.74, 6) is 0.474. The lowest BCUT2D eigenvalue weighted by Gasteiger charge is -2.33. The van der Waals surface area contributed by atoms with Crippen molar-refractivity contribution in [1.82, 2.24) is 19.9 Å². The van der Waals surface area contributed by atoms with E-state index >= 15 is 0 Å². The molecule has 1 atom stereocenters. The third-order valence-corrected chi connectivity index (χ3v) is 6.14. The minimum Gasteiger partial charge on any atom is -0.494 e. The highest BCUT2D eigenvalue weighted by Crippen LogP contribution is 2.42. The molecule has 0 spiro atoms. The van der Waals surface area contributed by atoms with E-state index in [9.17, 15) is 4.79 Å². The number of fused-ring (bicyclic) bond motifs is 3. The quantitative estimate of drug-likeness (QED) is 0.674. The second-order valence-corrected chi connectivity index (χ2v) is 7.61. The van der Waals surface area contributed by atoms with E-state index in [1.807, 2.05) is 13.0 Å². The molecule has 0 fully saturated rings. The summed E-state index contributed by atoms with van der Waals surface area (Å²) in [6.45, 7) is 4.68. The van der Waals surface area contributed by atoms with Crippen LogP contribution in [0.2, 0.25) is 10.0 Å². The second-order valence-electron chi connectivity index (χ2n) is 6.82. The molecule has 4 rings (SSSR count). The third kappa shape index (κ3) is 2.91. The van der Waals surface area contributed by atoms with E-state index < -0.39 is 0 Å². The number of benzene rings is 1. The number of aromatic amines is 1. The molecule has 1 aliphatic rings. The summed E-state index contributed by atoms with van der Waals surface area (Å²) in [6, 6.07) is 1.78. The van der Waals surface area contributed by atoms with Gasteiger partial charge in [0.2, 0.25) is 5.82 Å². The van der Waals surface area contributed by atoms with Gasteiger partial charge in [-0.3, -0.25) is 4.79 Å². The Labute approximate surface area is 172 Å². The molecule has 1 aromatic carbocycles. The highest BCUT2D eigenvalue weighted by Gasteiger charge is 2.33. The van der Waals surface area contributed by atoms with E-state index in [0.29, 0.717) is 28.8 Å². The summed E-state index contributed by atoms with van der Waals surface area (Å²) in [5.41, 5.74) is 4.15. The van der Waals surface area contributed by atoms with Crippen molar-refractivity contribution in [1.29, 1.82) is 0 Å². The van der Waals surface area contributed by atoms with Gasteiger partial charge < -0.3 is 14.6 Å². The van der Waals surface area contributed by atoms with Crippen LogP contribution < -0.4 is 4.74 Å². The predicted molar refractivity (Wildman–Crippen MR) is 109 cm³/mol. The maximum Gasteiger partial charge on any atom is 0.292 e. The molecule has 0 aliphatic carbocycles. The lowest BCUT2D eigenvalue weighted by Crippen LogP contribution is -2.39. The number of hydrogen-bond donors (Lipinski definition) is 1. The van der Waals surface area contributed by atoms with E-state index in [2.05, 4.69) is 21.9 Å². The number of nitrogens with zero attached hydrogens (tertiary/aromatic N) is 3. The van der Waals surface area contributed by atoms with Gasteiger partial charge in [-0.1, -0.05) is 30.1 Å². The van der Waals surface area contributed by atoms with Crippen LogP contribution in [0.15, 0.2) is 18.5 Å². The van der Waals surface area contributed by atoms with Crippen LogP contribution in [0.25, 0.3) is 10.9 Å². The van der Waals surface area contributed by atoms with Crippen molar-refractivity contribution < 1.29 is 9.53 Å². The molecule has 1 amide bonds. The maximum absolute atomic E-state index is 13.1. The molecular weight excluding hydrogens is 399 g/mol. The summed E-state index contributed by atoms with van der Waals surface area (Å²) in [5, 5.41) is 2.12. The second kappa shape index (κ2) is 7.26. The molecule has 146 valence electrons. The number of carbonyl (C=O) groups is 1. The van der Waals surface area contributed by atoms with Crippen LogP contribution in [0.5, 0.6) is 5.75 Å². The number of aryl methyl sites for hydroxylation is 1. The maximum atomic E-state index is 13.1. The van der Waals surface area contributed by atoms with Gasteiger partial charge in [0.25, 0.3) is 5.91 Å². The number of halogens is 2. The summed E-state index contributed by atoms with van der Waals surface area (Å²) >= 11 is 12.8. The van der Waals surface area contributed by atoms with Crippen molar-refractivity contribution in [2.45, 2.75) is 32.7 Å². The standard InChI is InChI=1S/C20H20Cl2N4O2/c1-4-11-7-13(21)17(22)18-16(11)15-10(2)26(6-5-14(15)25-18)20(27)19-23-8-12(28-3)9-24-19/h7-10,25H,4-6H2,1-3H3. The first-order valence-electron chi connectivity index (χ1n) is 9.14. The molecular formula is C20H20Cl2N4O2. The third-order valence-electron chi connectivity index (χ3n) is 5.36. The Morgan fingerprint density at radius 1 is 1.36 bits per heavy atom. The fraction of sp³-hybridized carbons (Fsp3) is 0.350. The van der Waals surface area contributed by atoms with Gasteiger partial charge in [-0.2, -0.15) is 0 Å². The van der Waals surface area contributed by atoms with Gasteiger partial charge in [0.05, 0.1) is 41.1 Å². The SMILES string of the molecule is CCc1cc(Cl)c(Cl)c2[nH]c3c(c12)C(C)N(C(=O)c1ncc(OC)cn1)CC3. The Morgan fingerprint density at radius 3 is 2.71 bits per heavy atom. The van der Waals surface area contributed by atoms with Crippen molar-refractivity contribution >= 4 is 40.0 Å². The summed E-state index contributed by atoms with van der Waals surface area (Å²) in [7, 11) is 1.54. The molecule has 0 saturated heterocycles. The molecule has 1 unspecified atom stereocenters. The van der Waals surface area contributed by atoms with Gasteiger partial charge in [-0.25, -0.2) is 9.97 Å². The predicted octanol–water partition coefficient (Wildman–Crippen LogP) is 4.60. The first-order chi connectivity index (χ1) is 13.5. The van der Waals surface area contributed by atoms with Crippen molar-refractivity contribution in [2.24, 2.45) is 0 Å². The molecule has 0 saturated carbocycles. The zero-order valence-electron chi connectivity index (χ0n) is 15.8. The Hall–Kier alpha value is -2.31. The van der Waals surface area contributed by atoms with Crippen LogP contribution >= 0.6 is 23.2 Å². The fourth-order valence-electron chi connectivity index (χ4n) is 3.93. The minimum absolute atomic E-state index is 0.141. The molecule has 6 nitrogen and oxygen atoms in total. The van der Waals surface area contributed by atoms with Crippen LogP contribution in [0.1, 0.15) is 47.3 Å². The number of carbonyl (C=O) groups excluding carboxylic acids is 1. The molecule has 3 heterocycles. The minimum atomic E-state index is -0.201. The van der Waals surface area contributed by atoms with Crippen molar-refractivity contribution in [2.75, 3.05) is 13.7 Å². The Balaban J connectivity index is 1.78.